The van der Waals surface area contributed by atoms with Crippen molar-refractivity contribution in [3.8, 4) is 16.9 Å². The topological polar surface area (TPSA) is 9.23 Å². The first-order valence-electron chi connectivity index (χ1n) is 5.90. The summed E-state index contributed by atoms with van der Waals surface area (Å²) in [4.78, 5) is 0. The highest BCUT2D eigenvalue weighted by atomic mass is 28.1. The first kappa shape index (κ1) is 14.5. The average molecular weight is 254 g/mol. The first-order valence-corrected chi connectivity index (χ1v) is 5.90. The van der Waals surface area contributed by atoms with Crippen LogP contribution >= 0.6 is 0 Å². The van der Waals surface area contributed by atoms with Crippen LogP contribution in [0.1, 0.15) is 20.8 Å². The molecule has 1 nitrogen and oxygen atoms in total. The van der Waals surface area contributed by atoms with Crippen LogP contribution in [0, 0.1) is 0 Å². The fourth-order valence-corrected chi connectivity index (χ4v) is 1.74. The third-order valence-electron chi connectivity index (χ3n) is 2.39. The summed E-state index contributed by atoms with van der Waals surface area (Å²) in [5, 5.41) is 0. The van der Waals surface area contributed by atoms with Crippen LogP contribution in [0.5, 0.6) is 5.75 Å². The Morgan fingerprint density at radius 3 is 1.94 bits per heavy atom. The lowest BCUT2D eigenvalue weighted by atomic mass is 10.0. The van der Waals surface area contributed by atoms with Crippen molar-refractivity contribution >= 4 is 11.0 Å². The predicted octanol–water partition coefficient (Wildman–Crippen LogP) is 4.15. The van der Waals surface area contributed by atoms with Crippen molar-refractivity contribution in [2.75, 3.05) is 0 Å². The molecule has 0 spiro atoms. The van der Waals surface area contributed by atoms with Crippen molar-refractivity contribution in [1.29, 1.82) is 0 Å². The summed E-state index contributed by atoms with van der Waals surface area (Å²) in [7, 11) is 0. The monoisotopic (exact) mass is 254 g/mol. The number of para-hydroxylation sites is 1. The second-order valence-corrected chi connectivity index (χ2v) is 5.08. The Hall–Kier alpha value is -1.54. The summed E-state index contributed by atoms with van der Waals surface area (Å²) < 4.78 is 5.99. The molecule has 0 aliphatic rings. The highest BCUT2D eigenvalue weighted by molar-refractivity contribution is 5.75. The second kappa shape index (κ2) is 5.87. The van der Waals surface area contributed by atoms with E-state index in [0.29, 0.717) is 0 Å². The van der Waals surface area contributed by atoms with Crippen molar-refractivity contribution in [2.45, 2.75) is 26.4 Å². The molecule has 0 heterocycles. The molecule has 0 saturated carbocycles. The second-order valence-electron chi connectivity index (χ2n) is 5.08. The van der Waals surface area contributed by atoms with Gasteiger partial charge in [0.1, 0.15) is 11.4 Å². The van der Waals surface area contributed by atoms with Crippen molar-refractivity contribution in [1.82, 2.24) is 0 Å². The van der Waals surface area contributed by atoms with Crippen LogP contribution in [-0.4, -0.2) is 16.6 Å². The molecule has 0 amide bonds. The van der Waals surface area contributed by atoms with Gasteiger partial charge in [0.2, 0.25) is 0 Å². The molecule has 2 rings (SSSR count). The number of rotatable bonds is 2. The van der Waals surface area contributed by atoms with E-state index in [1.165, 1.54) is 5.56 Å². The lowest BCUT2D eigenvalue weighted by Crippen LogP contribution is -2.23. The summed E-state index contributed by atoms with van der Waals surface area (Å²) in [6.07, 6.45) is 0. The normalized spacial score (nSPS) is 10.6. The standard InChI is InChI=1S/C16H18O.Si/c1-16(2,3)17-15-12-8-7-11-14(15)13-9-5-4-6-10-13;/h4-12H,1-3H3;. The molecule has 0 unspecified atom stereocenters. The molecule has 92 valence electrons. The van der Waals surface area contributed by atoms with E-state index < -0.39 is 0 Å². The van der Waals surface area contributed by atoms with Gasteiger partial charge in [-0.25, -0.2) is 0 Å². The van der Waals surface area contributed by atoms with Crippen molar-refractivity contribution in [2.24, 2.45) is 0 Å². The summed E-state index contributed by atoms with van der Waals surface area (Å²) in [6, 6.07) is 18.5. The molecular formula is C16H18OSi. The van der Waals surface area contributed by atoms with Gasteiger partial charge in [-0.05, 0) is 32.4 Å². The number of hydrogen-bond donors (Lipinski definition) is 0. The van der Waals surface area contributed by atoms with Crippen LogP contribution in [0.15, 0.2) is 54.6 Å². The van der Waals surface area contributed by atoms with Crippen LogP contribution in [0.3, 0.4) is 0 Å². The van der Waals surface area contributed by atoms with Crippen LogP contribution in [-0.2, 0) is 0 Å². The molecule has 0 saturated heterocycles. The van der Waals surface area contributed by atoms with Gasteiger partial charge < -0.3 is 4.74 Å². The van der Waals surface area contributed by atoms with Crippen LogP contribution in [0.4, 0.5) is 0 Å². The zero-order chi connectivity index (χ0) is 12.3. The molecule has 2 aromatic rings. The zero-order valence-corrected chi connectivity index (χ0v) is 12.1. The van der Waals surface area contributed by atoms with Gasteiger partial charge in [0.15, 0.2) is 0 Å². The molecule has 0 aliphatic carbocycles. The Morgan fingerprint density at radius 2 is 1.33 bits per heavy atom. The zero-order valence-electron chi connectivity index (χ0n) is 11.1. The van der Waals surface area contributed by atoms with E-state index in [-0.39, 0.29) is 16.6 Å². The number of benzene rings is 2. The van der Waals surface area contributed by atoms with Gasteiger partial charge in [0, 0.05) is 16.5 Å². The Kier molecular flexibility index (Phi) is 4.74. The molecule has 18 heavy (non-hydrogen) atoms. The maximum atomic E-state index is 5.99. The summed E-state index contributed by atoms with van der Waals surface area (Å²) >= 11 is 0. The molecule has 0 bridgehead atoms. The molecule has 0 atom stereocenters. The molecule has 2 heteroatoms. The molecule has 2 aromatic carbocycles. The summed E-state index contributed by atoms with van der Waals surface area (Å²) in [5.74, 6) is 0.936. The Bertz CT molecular complexity index is 486. The minimum Gasteiger partial charge on any atom is -0.488 e. The van der Waals surface area contributed by atoms with Crippen molar-refractivity contribution in [3.05, 3.63) is 54.6 Å². The highest BCUT2D eigenvalue weighted by Gasteiger charge is 2.14. The van der Waals surface area contributed by atoms with E-state index in [4.69, 9.17) is 4.74 Å². The molecule has 0 fully saturated rings. The highest BCUT2D eigenvalue weighted by Crippen LogP contribution is 2.31. The Morgan fingerprint density at radius 1 is 0.778 bits per heavy atom. The van der Waals surface area contributed by atoms with E-state index in [0.717, 1.165) is 11.3 Å². The lowest BCUT2D eigenvalue weighted by molar-refractivity contribution is 0.132. The largest absolute Gasteiger partial charge is 0.488 e. The fraction of sp³-hybridized carbons (Fsp3) is 0.250. The quantitative estimate of drug-likeness (QED) is 0.732. The van der Waals surface area contributed by atoms with Gasteiger partial charge >= 0.3 is 0 Å². The first-order chi connectivity index (χ1) is 8.06. The SMILES string of the molecule is CC(C)(C)Oc1ccccc1-c1ccccc1.[Si]. The van der Waals surface area contributed by atoms with Gasteiger partial charge in [0.25, 0.3) is 0 Å². The summed E-state index contributed by atoms with van der Waals surface area (Å²) in [5.41, 5.74) is 2.15. The molecule has 0 N–H and O–H groups in total. The molecule has 0 aliphatic heterocycles. The van der Waals surface area contributed by atoms with Gasteiger partial charge in [-0.3, -0.25) is 0 Å². The van der Waals surface area contributed by atoms with Crippen LogP contribution < -0.4 is 4.74 Å². The van der Waals surface area contributed by atoms with Gasteiger partial charge in [0.05, 0.1) is 0 Å². The average Bonchev–Trinajstić information content (AvgIpc) is 2.29. The van der Waals surface area contributed by atoms with Gasteiger partial charge in [-0.1, -0.05) is 48.5 Å². The lowest BCUT2D eigenvalue weighted by Gasteiger charge is -2.23. The third kappa shape index (κ3) is 3.74. The summed E-state index contributed by atoms with van der Waals surface area (Å²) in [6.45, 7) is 6.19. The molecular weight excluding hydrogens is 236 g/mol. The number of ether oxygens (including phenoxy) is 1. The van der Waals surface area contributed by atoms with Crippen molar-refractivity contribution < 1.29 is 4.74 Å². The smallest absolute Gasteiger partial charge is 0.127 e. The molecule has 4 radical (unpaired) electrons. The maximum Gasteiger partial charge on any atom is 0.127 e. The van der Waals surface area contributed by atoms with Crippen LogP contribution in [0.2, 0.25) is 0 Å². The predicted molar refractivity (Wildman–Crippen MR) is 78.0 cm³/mol. The van der Waals surface area contributed by atoms with Gasteiger partial charge in [-0.2, -0.15) is 0 Å². The Labute approximate surface area is 114 Å². The fourth-order valence-electron chi connectivity index (χ4n) is 1.74. The number of hydrogen-bond acceptors (Lipinski definition) is 1. The van der Waals surface area contributed by atoms with E-state index in [1.54, 1.807) is 0 Å². The van der Waals surface area contributed by atoms with E-state index in [1.807, 2.05) is 36.4 Å². The van der Waals surface area contributed by atoms with Gasteiger partial charge in [-0.15, -0.1) is 0 Å². The van der Waals surface area contributed by atoms with Crippen LogP contribution in [0.25, 0.3) is 11.1 Å². The van der Waals surface area contributed by atoms with E-state index in [9.17, 15) is 0 Å². The molecule has 0 aromatic heterocycles. The van der Waals surface area contributed by atoms with E-state index in [2.05, 4.69) is 39.0 Å². The minimum atomic E-state index is -0.176. The van der Waals surface area contributed by atoms with E-state index >= 15 is 0 Å². The minimum absolute atomic E-state index is 0. The third-order valence-corrected chi connectivity index (χ3v) is 2.39. The van der Waals surface area contributed by atoms with Crippen molar-refractivity contribution in [3.63, 3.8) is 0 Å². The maximum absolute atomic E-state index is 5.99. The Balaban J connectivity index is 0.00000162.